The summed E-state index contributed by atoms with van der Waals surface area (Å²) >= 11 is 3.32. The molecule has 1 aromatic carbocycles. The zero-order valence-electron chi connectivity index (χ0n) is 10.1. The molecule has 1 atom stereocenters. The monoisotopic (exact) mass is 327 g/mol. The number of aliphatic hydroxyl groups is 1. The summed E-state index contributed by atoms with van der Waals surface area (Å²) in [7, 11) is 0. The fourth-order valence-corrected chi connectivity index (χ4v) is 1.83. The lowest BCUT2D eigenvalue weighted by atomic mass is 10.1. The predicted molar refractivity (Wildman–Crippen MR) is 72.1 cm³/mol. The molecule has 0 saturated heterocycles. The van der Waals surface area contributed by atoms with E-state index in [2.05, 4.69) is 21.2 Å². The van der Waals surface area contributed by atoms with Crippen molar-refractivity contribution in [1.82, 2.24) is 5.32 Å². The highest BCUT2D eigenvalue weighted by Crippen LogP contribution is 2.16. The van der Waals surface area contributed by atoms with Crippen LogP contribution in [0.2, 0.25) is 0 Å². The summed E-state index contributed by atoms with van der Waals surface area (Å²) in [6, 6.07) is 7.25. The Labute approximate surface area is 119 Å². The highest BCUT2D eigenvalue weighted by molar-refractivity contribution is 9.10. The van der Waals surface area contributed by atoms with Crippen LogP contribution in [0.3, 0.4) is 0 Å². The van der Waals surface area contributed by atoms with Gasteiger partial charge in [-0.15, -0.1) is 0 Å². The van der Waals surface area contributed by atoms with Crippen molar-refractivity contribution in [3.05, 3.63) is 46.3 Å². The number of rotatable bonds is 4. The molecule has 102 valence electrons. The number of carbonyl (C=O) groups is 1. The molecule has 0 spiro atoms. The molecule has 2 N–H and O–H groups in total. The fourth-order valence-electron chi connectivity index (χ4n) is 1.57. The van der Waals surface area contributed by atoms with Crippen LogP contribution in [-0.4, -0.2) is 30.8 Å². The second kappa shape index (κ2) is 6.58. The Morgan fingerprint density at radius 1 is 1.37 bits per heavy atom. The largest absolute Gasteiger partial charge is 0.494 e. The molecule has 2 rings (SSSR count). The van der Waals surface area contributed by atoms with Crippen LogP contribution in [0.15, 0.2) is 40.8 Å². The van der Waals surface area contributed by atoms with E-state index in [1.165, 1.54) is 6.26 Å². The van der Waals surface area contributed by atoms with Crippen LogP contribution < -0.4 is 5.32 Å². The Morgan fingerprint density at radius 2 is 2.11 bits per heavy atom. The zero-order chi connectivity index (χ0) is 13.7. The van der Waals surface area contributed by atoms with Crippen LogP contribution in [0, 0.1) is 0 Å². The minimum Gasteiger partial charge on any atom is -0.494 e. The van der Waals surface area contributed by atoms with E-state index in [1.54, 1.807) is 12.1 Å². The third-order valence-electron chi connectivity index (χ3n) is 2.58. The van der Waals surface area contributed by atoms with Crippen LogP contribution in [0.25, 0.3) is 0 Å². The van der Waals surface area contributed by atoms with Crippen molar-refractivity contribution in [1.29, 1.82) is 0 Å². The lowest BCUT2D eigenvalue weighted by Gasteiger charge is -2.16. The van der Waals surface area contributed by atoms with Gasteiger partial charge in [0.1, 0.15) is 19.5 Å². The average Bonchev–Trinajstić information content (AvgIpc) is 2.46. The number of ether oxygens (including phenoxy) is 2. The van der Waals surface area contributed by atoms with Gasteiger partial charge in [-0.25, -0.2) is 0 Å². The Kier molecular flexibility index (Phi) is 4.81. The van der Waals surface area contributed by atoms with Crippen molar-refractivity contribution in [3.63, 3.8) is 0 Å². The molecular weight excluding hydrogens is 314 g/mol. The van der Waals surface area contributed by atoms with Gasteiger partial charge in [0.2, 0.25) is 5.76 Å². The van der Waals surface area contributed by atoms with Crippen molar-refractivity contribution in [2.45, 2.75) is 6.10 Å². The molecule has 1 aromatic rings. The van der Waals surface area contributed by atoms with Gasteiger partial charge in [0, 0.05) is 11.0 Å². The van der Waals surface area contributed by atoms with Gasteiger partial charge >= 0.3 is 0 Å². The summed E-state index contributed by atoms with van der Waals surface area (Å²) < 4.78 is 11.1. The molecule has 0 radical (unpaired) electrons. The normalized spacial score (nSPS) is 15.8. The lowest BCUT2D eigenvalue weighted by molar-refractivity contribution is -0.122. The SMILES string of the molecule is O=C(NCC(O)c1ccc(Br)cc1)C1=COCCO1. The van der Waals surface area contributed by atoms with Crippen molar-refractivity contribution < 1.29 is 19.4 Å². The van der Waals surface area contributed by atoms with Crippen LogP contribution in [0.4, 0.5) is 0 Å². The van der Waals surface area contributed by atoms with E-state index in [1.807, 2.05) is 12.1 Å². The van der Waals surface area contributed by atoms with Gasteiger partial charge in [-0.3, -0.25) is 4.79 Å². The Hall–Kier alpha value is -1.53. The van der Waals surface area contributed by atoms with Gasteiger partial charge in [-0.2, -0.15) is 0 Å². The first-order valence-corrected chi connectivity index (χ1v) is 6.62. The van der Waals surface area contributed by atoms with Crippen LogP contribution >= 0.6 is 15.9 Å². The molecule has 1 unspecified atom stereocenters. The standard InChI is InChI=1S/C13H14BrNO4/c14-10-3-1-9(2-4-10)11(16)7-15-13(17)12-8-18-5-6-19-12/h1-4,8,11,16H,5-7H2,(H,15,17). The molecular formula is C13H14BrNO4. The van der Waals surface area contributed by atoms with Crippen molar-refractivity contribution in [3.8, 4) is 0 Å². The molecule has 0 aliphatic carbocycles. The summed E-state index contributed by atoms with van der Waals surface area (Å²) in [5.41, 5.74) is 0.735. The maximum atomic E-state index is 11.7. The molecule has 5 nitrogen and oxygen atoms in total. The average molecular weight is 328 g/mol. The molecule has 1 amide bonds. The molecule has 0 fully saturated rings. The Morgan fingerprint density at radius 3 is 2.74 bits per heavy atom. The number of amides is 1. The van der Waals surface area contributed by atoms with Crippen molar-refractivity contribution in [2.24, 2.45) is 0 Å². The topological polar surface area (TPSA) is 67.8 Å². The van der Waals surface area contributed by atoms with E-state index in [0.29, 0.717) is 13.2 Å². The maximum Gasteiger partial charge on any atom is 0.289 e. The van der Waals surface area contributed by atoms with E-state index in [4.69, 9.17) is 9.47 Å². The first-order chi connectivity index (χ1) is 9.16. The summed E-state index contributed by atoms with van der Waals surface area (Å²) in [5.74, 6) is -0.259. The third-order valence-corrected chi connectivity index (χ3v) is 3.11. The first-order valence-electron chi connectivity index (χ1n) is 5.83. The highest BCUT2D eigenvalue weighted by Gasteiger charge is 2.16. The number of benzene rings is 1. The quantitative estimate of drug-likeness (QED) is 0.879. The number of hydrogen-bond acceptors (Lipinski definition) is 4. The van der Waals surface area contributed by atoms with Crippen molar-refractivity contribution >= 4 is 21.8 Å². The van der Waals surface area contributed by atoms with E-state index < -0.39 is 12.0 Å². The molecule has 1 heterocycles. The Balaban J connectivity index is 1.86. The molecule has 1 aliphatic heterocycles. The number of aliphatic hydroxyl groups excluding tert-OH is 1. The van der Waals surface area contributed by atoms with Gasteiger partial charge in [0.25, 0.3) is 5.91 Å². The first kappa shape index (κ1) is 13.9. The maximum absolute atomic E-state index is 11.7. The molecule has 0 saturated carbocycles. The van der Waals surface area contributed by atoms with Gasteiger partial charge in [0.15, 0.2) is 0 Å². The molecule has 6 heteroatoms. The highest BCUT2D eigenvalue weighted by atomic mass is 79.9. The lowest BCUT2D eigenvalue weighted by Crippen LogP contribution is -2.31. The number of hydrogen-bond donors (Lipinski definition) is 2. The molecule has 19 heavy (non-hydrogen) atoms. The minimum atomic E-state index is -0.762. The second-order valence-corrected chi connectivity index (χ2v) is 4.89. The minimum absolute atomic E-state index is 0.112. The zero-order valence-corrected chi connectivity index (χ0v) is 11.7. The van der Waals surface area contributed by atoms with E-state index in [0.717, 1.165) is 10.0 Å². The van der Waals surface area contributed by atoms with Crippen LogP contribution in [-0.2, 0) is 14.3 Å². The summed E-state index contributed by atoms with van der Waals surface area (Å²) in [6.45, 7) is 0.911. The Bertz CT molecular complexity index is 472. The number of nitrogens with one attached hydrogen (secondary N) is 1. The molecule has 0 aromatic heterocycles. The van der Waals surface area contributed by atoms with E-state index in [-0.39, 0.29) is 12.3 Å². The fraction of sp³-hybridized carbons (Fsp3) is 0.308. The van der Waals surface area contributed by atoms with Gasteiger partial charge < -0.3 is 19.9 Å². The summed E-state index contributed by atoms with van der Waals surface area (Å²) in [4.78, 5) is 11.7. The third kappa shape index (κ3) is 3.97. The summed E-state index contributed by atoms with van der Waals surface area (Å²) in [5, 5.41) is 12.5. The molecule has 1 aliphatic rings. The number of halogens is 1. The van der Waals surface area contributed by atoms with Crippen LogP contribution in [0.5, 0.6) is 0 Å². The number of carbonyl (C=O) groups excluding carboxylic acids is 1. The van der Waals surface area contributed by atoms with Crippen LogP contribution in [0.1, 0.15) is 11.7 Å². The second-order valence-electron chi connectivity index (χ2n) is 3.98. The van der Waals surface area contributed by atoms with Crippen molar-refractivity contribution in [2.75, 3.05) is 19.8 Å². The van der Waals surface area contributed by atoms with Gasteiger partial charge in [-0.1, -0.05) is 28.1 Å². The summed E-state index contributed by atoms with van der Waals surface area (Å²) in [6.07, 6.45) is 0.521. The predicted octanol–water partition coefficient (Wildman–Crippen LogP) is 1.49. The van der Waals surface area contributed by atoms with E-state index >= 15 is 0 Å². The molecule has 0 bridgehead atoms. The van der Waals surface area contributed by atoms with Gasteiger partial charge in [0.05, 0.1) is 6.10 Å². The smallest absolute Gasteiger partial charge is 0.289 e. The van der Waals surface area contributed by atoms with Gasteiger partial charge in [-0.05, 0) is 17.7 Å². The van der Waals surface area contributed by atoms with E-state index in [9.17, 15) is 9.90 Å².